The lowest BCUT2D eigenvalue weighted by atomic mass is 9.84. The summed E-state index contributed by atoms with van der Waals surface area (Å²) in [5.74, 6) is 0. The van der Waals surface area contributed by atoms with Gasteiger partial charge in [-0.25, -0.2) is 0 Å². The van der Waals surface area contributed by atoms with Gasteiger partial charge in [0.1, 0.15) is 0 Å². The first-order valence-electron chi connectivity index (χ1n) is 7.50. The molecule has 1 saturated heterocycles. The lowest BCUT2D eigenvalue weighted by Crippen LogP contribution is -2.42. The summed E-state index contributed by atoms with van der Waals surface area (Å²) in [5.41, 5.74) is 1.43. The minimum absolute atomic E-state index is 0.700. The Morgan fingerprint density at radius 1 is 0.955 bits per heavy atom. The SMILES string of the molecule is OC1(c2ccc(Cl)cc2)CCN(Cc2cccc(Cl)c2)CC1. The molecular formula is C18H19Cl2NO. The predicted octanol–water partition coefficient (Wildman–Crippen LogP) is 4.48. The molecule has 0 atom stereocenters. The molecule has 4 heteroatoms. The molecule has 3 rings (SSSR count). The van der Waals surface area contributed by atoms with Crippen LogP contribution in [0.2, 0.25) is 10.0 Å². The van der Waals surface area contributed by atoms with E-state index in [0.717, 1.165) is 43.1 Å². The molecule has 0 saturated carbocycles. The average molecular weight is 336 g/mol. The minimum Gasteiger partial charge on any atom is -0.385 e. The largest absolute Gasteiger partial charge is 0.385 e. The van der Waals surface area contributed by atoms with E-state index in [4.69, 9.17) is 23.2 Å². The Hall–Kier alpha value is -1.06. The molecule has 0 aromatic heterocycles. The molecule has 0 aliphatic carbocycles. The van der Waals surface area contributed by atoms with Gasteiger partial charge in [0.15, 0.2) is 0 Å². The third-order valence-electron chi connectivity index (χ3n) is 4.36. The smallest absolute Gasteiger partial charge is 0.0920 e. The number of rotatable bonds is 3. The van der Waals surface area contributed by atoms with Gasteiger partial charge >= 0.3 is 0 Å². The molecule has 2 aromatic rings. The number of aliphatic hydroxyl groups is 1. The first kappa shape index (κ1) is 15.8. The number of benzene rings is 2. The van der Waals surface area contributed by atoms with E-state index in [1.165, 1.54) is 5.56 Å². The zero-order valence-electron chi connectivity index (χ0n) is 12.3. The summed E-state index contributed by atoms with van der Waals surface area (Å²) in [6, 6.07) is 15.5. The summed E-state index contributed by atoms with van der Waals surface area (Å²) in [4.78, 5) is 2.36. The third kappa shape index (κ3) is 3.64. The van der Waals surface area contributed by atoms with Crippen molar-refractivity contribution in [3.05, 3.63) is 69.7 Å². The maximum absolute atomic E-state index is 10.9. The van der Waals surface area contributed by atoms with Gasteiger partial charge in [-0.15, -0.1) is 0 Å². The Balaban J connectivity index is 1.63. The molecule has 0 spiro atoms. The van der Waals surface area contributed by atoms with E-state index >= 15 is 0 Å². The van der Waals surface area contributed by atoms with E-state index in [1.807, 2.05) is 42.5 Å². The van der Waals surface area contributed by atoms with Gasteiger partial charge in [0.25, 0.3) is 0 Å². The van der Waals surface area contributed by atoms with Crippen molar-refractivity contribution in [1.29, 1.82) is 0 Å². The van der Waals surface area contributed by atoms with Crippen molar-refractivity contribution in [2.75, 3.05) is 13.1 Å². The highest BCUT2D eigenvalue weighted by molar-refractivity contribution is 6.30. The molecule has 2 nitrogen and oxygen atoms in total. The lowest BCUT2D eigenvalue weighted by Gasteiger charge is -2.38. The first-order valence-corrected chi connectivity index (χ1v) is 8.26. The van der Waals surface area contributed by atoms with Crippen molar-refractivity contribution >= 4 is 23.2 Å². The van der Waals surface area contributed by atoms with Crippen molar-refractivity contribution in [3.8, 4) is 0 Å². The number of hydrogen-bond acceptors (Lipinski definition) is 2. The average Bonchev–Trinajstić information content (AvgIpc) is 2.50. The van der Waals surface area contributed by atoms with Crippen LogP contribution in [-0.4, -0.2) is 23.1 Å². The van der Waals surface area contributed by atoms with Crippen molar-refractivity contribution in [2.45, 2.75) is 25.0 Å². The molecule has 22 heavy (non-hydrogen) atoms. The summed E-state index contributed by atoms with van der Waals surface area (Å²) >= 11 is 12.0. The van der Waals surface area contributed by atoms with Crippen LogP contribution in [0, 0.1) is 0 Å². The molecule has 0 unspecified atom stereocenters. The van der Waals surface area contributed by atoms with Gasteiger partial charge in [-0.3, -0.25) is 4.90 Å². The van der Waals surface area contributed by atoms with Gasteiger partial charge in [0.05, 0.1) is 5.60 Å². The Morgan fingerprint density at radius 3 is 2.27 bits per heavy atom. The highest BCUT2D eigenvalue weighted by atomic mass is 35.5. The second kappa shape index (κ2) is 6.59. The molecule has 1 N–H and O–H groups in total. The molecule has 1 aliphatic heterocycles. The summed E-state index contributed by atoms with van der Waals surface area (Å²) in [6.45, 7) is 2.61. The van der Waals surface area contributed by atoms with E-state index < -0.39 is 5.60 Å². The number of nitrogens with zero attached hydrogens (tertiary/aromatic N) is 1. The van der Waals surface area contributed by atoms with Crippen molar-refractivity contribution in [2.24, 2.45) is 0 Å². The molecular weight excluding hydrogens is 317 g/mol. The second-order valence-electron chi connectivity index (χ2n) is 5.94. The van der Waals surface area contributed by atoms with Crippen LogP contribution < -0.4 is 0 Å². The van der Waals surface area contributed by atoms with Crippen LogP contribution in [0.4, 0.5) is 0 Å². The van der Waals surface area contributed by atoms with E-state index in [0.29, 0.717) is 5.02 Å². The maximum atomic E-state index is 10.9. The van der Waals surface area contributed by atoms with Crippen LogP contribution in [0.3, 0.4) is 0 Å². The molecule has 0 bridgehead atoms. The zero-order valence-corrected chi connectivity index (χ0v) is 13.8. The molecule has 0 radical (unpaired) electrons. The van der Waals surface area contributed by atoms with Crippen LogP contribution >= 0.6 is 23.2 Å². The quantitative estimate of drug-likeness (QED) is 0.893. The molecule has 2 aromatic carbocycles. The highest BCUT2D eigenvalue weighted by Crippen LogP contribution is 2.33. The minimum atomic E-state index is -0.741. The Kier molecular flexibility index (Phi) is 4.74. The lowest BCUT2D eigenvalue weighted by molar-refractivity contribution is -0.0277. The fraction of sp³-hybridized carbons (Fsp3) is 0.333. The Morgan fingerprint density at radius 2 is 1.64 bits per heavy atom. The van der Waals surface area contributed by atoms with E-state index in [2.05, 4.69) is 11.0 Å². The number of halogens is 2. The van der Waals surface area contributed by atoms with Gasteiger partial charge in [0.2, 0.25) is 0 Å². The molecule has 1 aliphatic rings. The predicted molar refractivity (Wildman–Crippen MR) is 91.3 cm³/mol. The zero-order chi connectivity index (χ0) is 15.6. The fourth-order valence-corrected chi connectivity index (χ4v) is 3.36. The third-order valence-corrected chi connectivity index (χ3v) is 4.85. The summed E-state index contributed by atoms with van der Waals surface area (Å²) in [6.07, 6.45) is 1.46. The van der Waals surface area contributed by atoms with Crippen LogP contribution in [0.5, 0.6) is 0 Å². The standard InChI is InChI=1S/C18H19Cl2NO/c19-16-6-4-15(5-7-16)18(22)8-10-21(11-9-18)13-14-2-1-3-17(20)12-14/h1-7,12,22H,8-11,13H2. The summed E-state index contributed by atoms with van der Waals surface area (Å²) < 4.78 is 0. The number of piperidine rings is 1. The van der Waals surface area contributed by atoms with Crippen molar-refractivity contribution in [1.82, 2.24) is 4.90 Å². The second-order valence-corrected chi connectivity index (χ2v) is 6.82. The van der Waals surface area contributed by atoms with Crippen LogP contribution in [0.1, 0.15) is 24.0 Å². The Labute approximate surface area is 141 Å². The van der Waals surface area contributed by atoms with Crippen LogP contribution in [0.25, 0.3) is 0 Å². The van der Waals surface area contributed by atoms with Crippen LogP contribution in [-0.2, 0) is 12.1 Å². The monoisotopic (exact) mass is 335 g/mol. The molecule has 1 heterocycles. The summed E-state index contributed by atoms with van der Waals surface area (Å²) in [7, 11) is 0. The van der Waals surface area contributed by atoms with Crippen molar-refractivity contribution in [3.63, 3.8) is 0 Å². The maximum Gasteiger partial charge on any atom is 0.0920 e. The Bertz CT molecular complexity index is 634. The van der Waals surface area contributed by atoms with Crippen LogP contribution in [0.15, 0.2) is 48.5 Å². The van der Waals surface area contributed by atoms with Gasteiger partial charge in [-0.2, -0.15) is 0 Å². The van der Waals surface area contributed by atoms with Crippen molar-refractivity contribution < 1.29 is 5.11 Å². The molecule has 1 fully saturated rings. The molecule has 116 valence electrons. The van der Waals surface area contributed by atoms with Gasteiger partial charge in [-0.1, -0.05) is 47.5 Å². The first-order chi connectivity index (χ1) is 10.5. The van der Waals surface area contributed by atoms with E-state index in [9.17, 15) is 5.11 Å². The fourth-order valence-electron chi connectivity index (χ4n) is 3.02. The normalized spacial score (nSPS) is 18.3. The van der Waals surface area contributed by atoms with E-state index in [-0.39, 0.29) is 0 Å². The van der Waals surface area contributed by atoms with Gasteiger partial charge in [-0.05, 0) is 48.2 Å². The highest BCUT2D eigenvalue weighted by Gasteiger charge is 2.33. The number of hydrogen-bond donors (Lipinski definition) is 1. The summed E-state index contributed by atoms with van der Waals surface area (Å²) in [5, 5.41) is 12.3. The van der Waals surface area contributed by atoms with Gasteiger partial charge < -0.3 is 5.11 Å². The van der Waals surface area contributed by atoms with E-state index in [1.54, 1.807) is 0 Å². The molecule has 0 amide bonds. The number of likely N-dealkylation sites (tertiary alicyclic amines) is 1. The van der Waals surface area contributed by atoms with Gasteiger partial charge in [0, 0.05) is 29.7 Å². The topological polar surface area (TPSA) is 23.5 Å².